The molecular weight excluding hydrogens is 352 g/mol. The number of benzene rings is 1. The van der Waals surface area contributed by atoms with Crippen LogP contribution >= 0.6 is 0 Å². The summed E-state index contributed by atoms with van der Waals surface area (Å²) in [7, 11) is 0. The zero-order valence-electron chi connectivity index (χ0n) is 16.6. The fourth-order valence-electron chi connectivity index (χ4n) is 4.40. The SMILES string of the molecule is CCc1ccc2c(C[NH2+]C[C@@H](c3ccco3)[NH+]3CCCCC3)cc(=O)oc2c1. The van der Waals surface area contributed by atoms with Crippen molar-refractivity contribution in [2.24, 2.45) is 0 Å². The molecule has 1 aliphatic rings. The van der Waals surface area contributed by atoms with Gasteiger partial charge in [-0.2, -0.15) is 0 Å². The van der Waals surface area contributed by atoms with Crippen LogP contribution in [0.1, 0.15) is 49.1 Å². The molecule has 2 aromatic heterocycles. The van der Waals surface area contributed by atoms with Crippen molar-refractivity contribution in [3.05, 3.63) is 70.0 Å². The van der Waals surface area contributed by atoms with E-state index in [9.17, 15) is 4.79 Å². The summed E-state index contributed by atoms with van der Waals surface area (Å²) in [5, 5.41) is 3.34. The quantitative estimate of drug-likeness (QED) is 0.613. The summed E-state index contributed by atoms with van der Waals surface area (Å²) in [5.74, 6) is 1.07. The van der Waals surface area contributed by atoms with Crippen molar-refractivity contribution in [3.8, 4) is 0 Å². The van der Waals surface area contributed by atoms with E-state index in [0.29, 0.717) is 11.6 Å². The minimum Gasteiger partial charge on any atom is -0.463 e. The van der Waals surface area contributed by atoms with Crippen molar-refractivity contribution in [2.45, 2.75) is 45.2 Å². The monoisotopic (exact) mass is 382 g/mol. The summed E-state index contributed by atoms with van der Waals surface area (Å²) in [6.45, 7) is 6.22. The Morgan fingerprint density at radius 2 is 2.00 bits per heavy atom. The molecule has 0 unspecified atom stereocenters. The molecule has 0 radical (unpaired) electrons. The lowest BCUT2D eigenvalue weighted by Crippen LogP contribution is -3.15. The van der Waals surface area contributed by atoms with Gasteiger partial charge in [0.05, 0.1) is 19.4 Å². The number of quaternary nitrogens is 2. The lowest BCUT2D eigenvalue weighted by Gasteiger charge is -2.29. The fourth-order valence-corrected chi connectivity index (χ4v) is 4.40. The predicted octanol–water partition coefficient (Wildman–Crippen LogP) is 1.82. The third kappa shape index (κ3) is 4.21. The zero-order valence-corrected chi connectivity index (χ0v) is 16.6. The molecule has 148 valence electrons. The van der Waals surface area contributed by atoms with Gasteiger partial charge in [0.2, 0.25) is 0 Å². The van der Waals surface area contributed by atoms with Crippen LogP contribution in [0.3, 0.4) is 0 Å². The van der Waals surface area contributed by atoms with Crippen molar-refractivity contribution < 1.29 is 19.1 Å². The third-order valence-corrected chi connectivity index (χ3v) is 5.94. The lowest BCUT2D eigenvalue weighted by molar-refractivity contribution is -0.951. The molecule has 0 bridgehead atoms. The Bertz CT molecular complexity index is 956. The van der Waals surface area contributed by atoms with Crippen LogP contribution in [0.25, 0.3) is 11.0 Å². The second-order valence-electron chi connectivity index (χ2n) is 7.79. The molecule has 28 heavy (non-hydrogen) atoms. The molecular formula is C23H30N2O3+2. The maximum Gasteiger partial charge on any atom is 0.336 e. The number of hydrogen-bond donors (Lipinski definition) is 2. The van der Waals surface area contributed by atoms with Gasteiger partial charge in [-0.1, -0.05) is 19.1 Å². The average Bonchev–Trinajstić information content (AvgIpc) is 3.25. The van der Waals surface area contributed by atoms with Crippen LogP contribution in [0.2, 0.25) is 0 Å². The highest BCUT2D eigenvalue weighted by Gasteiger charge is 2.29. The van der Waals surface area contributed by atoms with E-state index in [1.54, 1.807) is 17.2 Å². The first kappa shape index (κ1) is 19.0. The number of hydrogen-bond acceptors (Lipinski definition) is 3. The molecule has 1 atom stereocenters. The van der Waals surface area contributed by atoms with E-state index in [2.05, 4.69) is 30.4 Å². The van der Waals surface area contributed by atoms with Crippen LogP contribution in [0.4, 0.5) is 0 Å². The maximum atomic E-state index is 12.0. The molecule has 3 aromatic rings. The van der Waals surface area contributed by atoms with E-state index in [1.807, 2.05) is 12.1 Å². The predicted molar refractivity (Wildman–Crippen MR) is 108 cm³/mol. The molecule has 1 aromatic carbocycles. The first-order chi connectivity index (χ1) is 13.7. The highest BCUT2D eigenvalue weighted by molar-refractivity contribution is 5.80. The molecule has 0 amide bonds. The summed E-state index contributed by atoms with van der Waals surface area (Å²) in [5.41, 5.74) is 2.65. The molecule has 3 heterocycles. The summed E-state index contributed by atoms with van der Waals surface area (Å²) < 4.78 is 11.2. The van der Waals surface area contributed by atoms with Gasteiger partial charge in [0.15, 0.2) is 11.8 Å². The van der Waals surface area contributed by atoms with E-state index in [4.69, 9.17) is 8.83 Å². The van der Waals surface area contributed by atoms with E-state index in [-0.39, 0.29) is 5.63 Å². The number of nitrogens with two attached hydrogens (primary N) is 1. The van der Waals surface area contributed by atoms with Crippen LogP contribution in [-0.2, 0) is 13.0 Å². The fraction of sp³-hybridized carbons (Fsp3) is 0.435. The number of nitrogens with one attached hydrogen (secondary N) is 1. The number of likely N-dealkylation sites (tertiary alicyclic amines) is 1. The average molecular weight is 383 g/mol. The van der Waals surface area contributed by atoms with E-state index < -0.39 is 0 Å². The van der Waals surface area contributed by atoms with E-state index in [1.165, 1.54) is 37.9 Å². The molecule has 1 saturated heterocycles. The summed E-state index contributed by atoms with van der Waals surface area (Å²) in [4.78, 5) is 13.6. The number of piperidine rings is 1. The standard InChI is InChI=1S/C23H28N2O3/c1-2-17-8-9-19-18(14-23(26)28-22(19)13-17)15-24-16-20(21-7-6-12-27-21)25-10-4-3-5-11-25/h6-9,12-14,20,24H,2-5,10-11,15-16H2,1H3/p+2/t20-/m0/s1. The minimum absolute atomic E-state index is 0.270. The third-order valence-electron chi connectivity index (χ3n) is 5.94. The summed E-state index contributed by atoms with van der Waals surface area (Å²) in [6.07, 6.45) is 6.61. The van der Waals surface area contributed by atoms with E-state index in [0.717, 1.165) is 36.2 Å². The van der Waals surface area contributed by atoms with Crippen molar-refractivity contribution in [3.63, 3.8) is 0 Å². The van der Waals surface area contributed by atoms with Crippen LogP contribution in [0.5, 0.6) is 0 Å². The Labute approximate surface area is 165 Å². The molecule has 5 heteroatoms. The van der Waals surface area contributed by atoms with Gasteiger partial charge in [0.25, 0.3) is 0 Å². The van der Waals surface area contributed by atoms with Crippen LogP contribution < -0.4 is 15.8 Å². The minimum atomic E-state index is -0.270. The molecule has 5 nitrogen and oxygen atoms in total. The number of fused-ring (bicyclic) bond motifs is 1. The van der Waals surface area contributed by atoms with Gasteiger partial charge in [0.1, 0.15) is 18.7 Å². The van der Waals surface area contributed by atoms with Crippen molar-refractivity contribution >= 4 is 11.0 Å². The Kier molecular flexibility index (Phi) is 5.93. The van der Waals surface area contributed by atoms with Gasteiger partial charge in [-0.25, -0.2) is 4.79 Å². The maximum absolute atomic E-state index is 12.0. The van der Waals surface area contributed by atoms with Gasteiger partial charge < -0.3 is 19.1 Å². The van der Waals surface area contributed by atoms with Gasteiger partial charge >= 0.3 is 5.63 Å². The second-order valence-corrected chi connectivity index (χ2v) is 7.79. The lowest BCUT2D eigenvalue weighted by atomic mass is 10.1. The Balaban J connectivity index is 1.50. The second kappa shape index (κ2) is 8.76. The van der Waals surface area contributed by atoms with Gasteiger partial charge in [0, 0.05) is 17.0 Å². The highest BCUT2D eigenvalue weighted by Crippen LogP contribution is 2.18. The first-order valence-electron chi connectivity index (χ1n) is 10.5. The number of furan rings is 1. The van der Waals surface area contributed by atoms with Crippen molar-refractivity contribution in [2.75, 3.05) is 19.6 Å². The molecule has 0 spiro atoms. The molecule has 0 saturated carbocycles. The normalized spacial score (nSPS) is 16.5. The molecule has 1 aliphatic heterocycles. The summed E-state index contributed by atoms with van der Waals surface area (Å²) in [6, 6.07) is 12.3. The van der Waals surface area contributed by atoms with Gasteiger partial charge in [-0.05, 0) is 49.4 Å². The molecule has 4 rings (SSSR count). The number of rotatable bonds is 7. The number of aryl methyl sites for hydroxylation is 1. The Hall–Kier alpha value is -2.37. The smallest absolute Gasteiger partial charge is 0.336 e. The van der Waals surface area contributed by atoms with Crippen molar-refractivity contribution in [1.29, 1.82) is 0 Å². The summed E-state index contributed by atoms with van der Waals surface area (Å²) >= 11 is 0. The molecule has 0 aliphatic carbocycles. The Morgan fingerprint density at radius 3 is 2.75 bits per heavy atom. The Morgan fingerprint density at radius 1 is 1.14 bits per heavy atom. The van der Waals surface area contributed by atoms with Crippen LogP contribution in [0, 0.1) is 0 Å². The first-order valence-corrected chi connectivity index (χ1v) is 10.5. The van der Waals surface area contributed by atoms with Crippen molar-refractivity contribution in [1.82, 2.24) is 0 Å². The molecule has 3 N–H and O–H groups in total. The van der Waals surface area contributed by atoms with Crippen LogP contribution in [0.15, 0.2) is 56.3 Å². The van der Waals surface area contributed by atoms with E-state index >= 15 is 0 Å². The van der Waals surface area contributed by atoms with Crippen LogP contribution in [-0.4, -0.2) is 19.6 Å². The molecule has 1 fully saturated rings. The largest absolute Gasteiger partial charge is 0.463 e. The zero-order chi connectivity index (χ0) is 19.3. The highest BCUT2D eigenvalue weighted by atomic mass is 16.4. The van der Waals surface area contributed by atoms with Gasteiger partial charge in [-0.15, -0.1) is 0 Å². The van der Waals surface area contributed by atoms with Gasteiger partial charge in [-0.3, -0.25) is 0 Å². The topological polar surface area (TPSA) is 64.4 Å².